The van der Waals surface area contributed by atoms with Gasteiger partial charge in [-0.1, -0.05) is 24.3 Å². The second-order valence-electron chi connectivity index (χ2n) is 6.51. The standard InChI is InChI=1S/C20H23N3O2/c1-13-8-9-16(12-15(13)3)23-11-10-18(19(23)24)22-20(25)21-17-7-5-4-6-14(17)2/h4-9,12,18H,10-11H2,1-3H3,(H2,21,22,25)/t18-/m0/s1. The van der Waals surface area contributed by atoms with E-state index in [9.17, 15) is 9.59 Å². The Labute approximate surface area is 148 Å². The Morgan fingerprint density at radius 1 is 1.04 bits per heavy atom. The highest BCUT2D eigenvalue weighted by Crippen LogP contribution is 2.24. The Bertz CT molecular complexity index is 816. The molecule has 0 aliphatic carbocycles. The normalized spacial score (nSPS) is 16.8. The smallest absolute Gasteiger partial charge is 0.319 e. The van der Waals surface area contributed by atoms with E-state index in [-0.39, 0.29) is 11.9 Å². The Hall–Kier alpha value is -2.82. The van der Waals surface area contributed by atoms with Crippen molar-refractivity contribution in [3.05, 3.63) is 59.2 Å². The third-order valence-corrected chi connectivity index (χ3v) is 4.71. The summed E-state index contributed by atoms with van der Waals surface area (Å²) >= 11 is 0. The molecule has 0 saturated carbocycles. The highest BCUT2D eigenvalue weighted by Gasteiger charge is 2.33. The van der Waals surface area contributed by atoms with Gasteiger partial charge in [0.05, 0.1) is 0 Å². The molecule has 3 amide bonds. The van der Waals surface area contributed by atoms with Crippen molar-refractivity contribution in [2.75, 3.05) is 16.8 Å². The van der Waals surface area contributed by atoms with Crippen molar-refractivity contribution in [3.63, 3.8) is 0 Å². The van der Waals surface area contributed by atoms with Gasteiger partial charge in [0.15, 0.2) is 0 Å². The van der Waals surface area contributed by atoms with Crippen LogP contribution in [0.5, 0.6) is 0 Å². The lowest BCUT2D eigenvalue weighted by molar-refractivity contribution is -0.118. The molecule has 0 radical (unpaired) electrons. The van der Waals surface area contributed by atoms with Crippen LogP contribution in [0, 0.1) is 20.8 Å². The average Bonchev–Trinajstić information content (AvgIpc) is 2.93. The van der Waals surface area contributed by atoms with Crippen LogP contribution in [0.2, 0.25) is 0 Å². The molecule has 0 bridgehead atoms. The molecule has 1 fully saturated rings. The van der Waals surface area contributed by atoms with Crippen molar-refractivity contribution in [2.24, 2.45) is 0 Å². The van der Waals surface area contributed by atoms with Crippen molar-refractivity contribution in [3.8, 4) is 0 Å². The molecule has 5 nitrogen and oxygen atoms in total. The first-order chi connectivity index (χ1) is 12.0. The van der Waals surface area contributed by atoms with Gasteiger partial charge in [0, 0.05) is 17.9 Å². The minimum atomic E-state index is -0.495. The zero-order chi connectivity index (χ0) is 18.0. The molecule has 1 saturated heterocycles. The first-order valence-electron chi connectivity index (χ1n) is 8.47. The van der Waals surface area contributed by atoms with Gasteiger partial charge in [-0.3, -0.25) is 4.79 Å². The number of nitrogens with zero attached hydrogens (tertiary/aromatic N) is 1. The Morgan fingerprint density at radius 3 is 2.52 bits per heavy atom. The monoisotopic (exact) mass is 337 g/mol. The summed E-state index contributed by atoms with van der Waals surface area (Å²) < 4.78 is 0. The molecule has 1 heterocycles. The van der Waals surface area contributed by atoms with Crippen LogP contribution in [0.1, 0.15) is 23.1 Å². The zero-order valence-electron chi connectivity index (χ0n) is 14.8. The molecule has 5 heteroatoms. The topological polar surface area (TPSA) is 61.4 Å². The molecule has 25 heavy (non-hydrogen) atoms. The van der Waals surface area contributed by atoms with Gasteiger partial charge in [-0.25, -0.2) is 4.79 Å². The van der Waals surface area contributed by atoms with Crippen LogP contribution in [0.15, 0.2) is 42.5 Å². The predicted molar refractivity (Wildman–Crippen MR) is 100 cm³/mol. The van der Waals surface area contributed by atoms with Crippen molar-refractivity contribution in [2.45, 2.75) is 33.2 Å². The van der Waals surface area contributed by atoms with Crippen LogP contribution in [0.3, 0.4) is 0 Å². The maximum absolute atomic E-state index is 12.6. The van der Waals surface area contributed by atoms with Gasteiger partial charge in [-0.05, 0) is 62.1 Å². The molecular formula is C20H23N3O2. The Kier molecular flexibility index (Phi) is 4.74. The molecule has 2 aromatic carbocycles. The fourth-order valence-electron chi connectivity index (χ4n) is 2.99. The molecule has 1 atom stereocenters. The van der Waals surface area contributed by atoms with E-state index in [1.165, 1.54) is 5.56 Å². The minimum Gasteiger partial charge on any atom is -0.326 e. The van der Waals surface area contributed by atoms with Gasteiger partial charge in [-0.15, -0.1) is 0 Å². The largest absolute Gasteiger partial charge is 0.326 e. The van der Waals surface area contributed by atoms with E-state index in [4.69, 9.17) is 0 Å². The fraction of sp³-hybridized carbons (Fsp3) is 0.300. The number of aryl methyl sites for hydroxylation is 3. The summed E-state index contributed by atoms with van der Waals surface area (Å²) in [6.07, 6.45) is 0.604. The molecule has 2 N–H and O–H groups in total. The van der Waals surface area contributed by atoms with Crippen LogP contribution in [-0.4, -0.2) is 24.5 Å². The number of hydrogen-bond donors (Lipinski definition) is 2. The van der Waals surface area contributed by atoms with Gasteiger partial charge in [-0.2, -0.15) is 0 Å². The highest BCUT2D eigenvalue weighted by atomic mass is 16.2. The number of carbonyl (C=O) groups excluding carboxylic acids is 2. The van der Waals surface area contributed by atoms with E-state index in [0.717, 1.165) is 22.5 Å². The van der Waals surface area contributed by atoms with Crippen molar-refractivity contribution in [1.82, 2.24) is 5.32 Å². The van der Waals surface area contributed by atoms with E-state index in [2.05, 4.69) is 10.6 Å². The lowest BCUT2D eigenvalue weighted by Crippen LogP contribution is -2.43. The average molecular weight is 337 g/mol. The number of carbonyl (C=O) groups is 2. The summed E-state index contributed by atoms with van der Waals surface area (Å²) in [7, 11) is 0. The van der Waals surface area contributed by atoms with Crippen molar-refractivity contribution >= 4 is 23.3 Å². The number of hydrogen-bond acceptors (Lipinski definition) is 2. The lowest BCUT2D eigenvalue weighted by atomic mass is 10.1. The lowest BCUT2D eigenvalue weighted by Gasteiger charge is -2.18. The molecule has 2 aromatic rings. The molecule has 1 aliphatic rings. The summed E-state index contributed by atoms with van der Waals surface area (Å²) in [5, 5.41) is 5.60. The quantitative estimate of drug-likeness (QED) is 0.900. The predicted octanol–water partition coefficient (Wildman–Crippen LogP) is 3.54. The summed E-state index contributed by atoms with van der Waals surface area (Å²) in [4.78, 5) is 26.6. The van der Waals surface area contributed by atoms with Crippen molar-refractivity contribution in [1.29, 1.82) is 0 Å². The fourth-order valence-corrected chi connectivity index (χ4v) is 2.99. The maximum atomic E-state index is 12.6. The number of anilines is 2. The summed E-state index contributed by atoms with van der Waals surface area (Å²) in [6, 6.07) is 12.7. The summed E-state index contributed by atoms with van der Waals surface area (Å²) in [5.74, 6) is -0.0665. The number of para-hydroxylation sites is 1. The second kappa shape index (κ2) is 6.97. The van der Waals surface area contributed by atoms with Gasteiger partial charge < -0.3 is 15.5 Å². The first kappa shape index (κ1) is 17.0. The van der Waals surface area contributed by atoms with Gasteiger partial charge in [0.2, 0.25) is 5.91 Å². The van der Waals surface area contributed by atoms with Gasteiger partial charge >= 0.3 is 6.03 Å². The van der Waals surface area contributed by atoms with E-state index in [0.29, 0.717) is 13.0 Å². The molecule has 0 spiro atoms. The third kappa shape index (κ3) is 3.65. The number of benzene rings is 2. The highest BCUT2D eigenvalue weighted by molar-refractivity contribution is 6.02. The third-order valence-electron chi connectivity index (χ3n) is 4.71. The number of nitrogens with one attached hydrogen (secondary N) is 2. The van der Waals surface area contributed by atoms with E-state index >= 15 is 0 Å². The minimum absolute atomic E-state index is 0.0665. The molecule has 130 valence electrons. The van der Waals surface area contributed by atoms with E-state index in [1.54, 1.807) is 4.90 Å². The van der Waals surface area contributed by atoms with Crippen LogP contribution in [-0.2, 0) is 4.79 Å². The van der Waals surface area contributed by atoms with Crippen LogP contribution in [0.4, 0.5) is 16.2 Å². The number of urea groups is 1. The first-order valence-corrected chi connectivity index (χ1v) is 8.47. The Morgan fingerprint density at radius 2 is 1.80 bits per heavy atom. The van der Waals surface area contributed by atoms with E-state index in [1.807, 2.05) is 63.2 Å². The van der Waals surface area contributed by atoms with Crippen molar-refractivity contribution < 1.29 is 9.59 Å². The molecule has 1 aliphatic heterocycles. The summed E-state index contributed by atoms with van der Waals surface area (Å²) in [5.41, 5.74) is 4.96. The maximum Gasteiger partial charge on any atom is 0.319 e. The van der Waals surface area contributed by atoms with E-state index < -0.39 is 6.04 Å². The Balaban J connectivity index is 1.65. The number of amides is 3. The van der Waals surface area contributed by atoms with Crippen LogP contribution in [0.25, 0.3) is 0 Å². The summed E-state index contributed by atoms with van der Waals surface area (Å²) in [6.45, 7) is 6.62. The molecule has 0 unspecified atom stereocenters. The molecular weight excluding hydrogens is 314 g/mol. The van der Waals surface area contributed by atoms with Crippen LogP contribution < -0.4 is 15.5 Å². The zero-order valence-corrected chi connectivity index (χ0v) is 14.8. The van der Waals surface area contributed by atoms with Gasteiger partial charge in [0.1, 0.15) is 6.04 Å². The van der Waals surface area contributed by atoms with Crippen LogP contribution >= 0.6 is 0 Å². The number of rotatable bonds is 3. The second-order valence-corrected chi connectivity index (χ2v) is 6.51. The molecule has 3 rings (SSSR count). The van der Waals surface area contributed by atoms with Gasteiger partial charge in [0.25, 0.3) is 0 Å². The SMILES string of the molecule is Cc1ccc(N2CC[C@H](NC(=O)Nc3ccccc3C)C2=O)cc1C. The molecule has 0 aromatic heterocycles.